The lowest BCUT2D eigenvalue weighted by Gasteiger charge is -2.38. The summed E-state index contributed by atoms with van der Waals surface area (Å²) < 4.78 is 8.58. The number of hydrogen-bond donors (Lipinski definition) is 2. The molecule has 0 aliphatic heterocycles. The van der Waals surface area contributed by atoms with Gasteiger partial charge in [0.15, 0.2) is 0 Å². The Labute approximate surface area is 134 Å². The van der Waals surface area contributed by atoms with Crippen molar-refractivity contribution >= 4 is 39.5 Å². The Morgan fingerprint density at radius 1 is 1.19 bits per heavy atom. The second kappa shape index (κ2) is 5.43. The molecule has 0 atom stereocenters. The molecule has 1 aromatic carbocycles. The normalized spacial score (nSPS) is 13.0. The average molecular weight is 354 g/mol. The minimum absolute atomic E-state index is 0.653. The van der Waals surface area contributed by atoms with Gasteiger partial charge in [-0.15, -0.1) is 0 Å². The predicted octanol–water partition coefficient (Wildman–Crippen LogP) is 2.19. The molecule has 21 heavy (non-hydrogen) atoms. The molecule has 0 aliphatic rings. The number of nitrogens with zero attached hydrogens (tertiary/aromatic N) is 1. The van der Waals surface area contributed by atoms with Gasteiger partial charge in [-0.2, -0.15) is 0 Å². The second-order valence-corrected chi connectivity index (χ2v) is 7.29. The van der Waals surface area contributed by atoms with Gasteiger partial charge in [-0.25, -0.2) is 0 Å². The third-order valence-corrected chi connectivity index (χ3v) is 4.67. The van der Waals surface area contributed by atoms with Crippen molar-refractivity contribution in [3.63, 3.8) is 0 Å². The zero-order valence-corrected chi connectivity index (χ0v) is 14.6. The maximum Gasteiger partial charge on any atom is 0.509 e. The van der Waals surface area contributed by atoms with Crippen LogP contribution >= 0.6 is 15.9 Å². The van der Waals surface area contributed by atoms with E-state index in [1.807, 2.05) is 35.9 Å². The fourth-order valence-electron chi connectivity index (χ4n) is 2.06. The first-order valence-electron chi connectivity index (χ1n) is 6.86. The summed E-state index contributed by atoms with van der Waals surface area (Å²) in [5.41, 5.74) is -0.289. The summed E-state index contributed by atoms with van der Waals surface area (Å²) >= 11 is 3.44. The van der Waals surface area contributed by atoms with Gasteiger partial charge in [-0.05, 0) is 52.0 Å². The van der Waals surface area contributed by atoms with E-state index >= 15 is 0 Å². The van der Waals surface area contributed by atoms with Crippen molar-refractivity contribution in [2.45, 2.75) is 38.9 Å². The van der Waals surface area contributed by atoms with E-state index in [1.54, 1.807) is 27.7 Å². The number of fused-ring (bicyclic) bond motifs is 1. The summed E-state index contributed by atoms with van der Waals surface area (Å²) in [7, 11) is 0.775. The molecule has 1 aromatic heterocycles. The maximum atomic E-state index is 10.4. The van der Waals surface area contributed by atoms with Crippen LogP contribution in [0.2, 0.25) is 0 Å². The summed E-state index contributed by atoms with van der Waals surface area (Å²) in [6, 6.07) is 7.83. The van der Waals surface area contributed by atoms with Crippen molar-refractivity contribution in [2.75, 3.05) is 0 Å². The van der Waals surface area contributed by atoms with Crippen molar-refractivity contribution in [3.05, 3.63) is 28.7 Å². The molecule has 0 saturated heterocycles. The molecule has 114 valence electrons. The lowest BCUT2D eigenvalue weighted by Crippen LogP contribution is -2.54. The third kappa shape index (κ3) is 3.18. The molecule has 0 aliphatic carbocycles. The monoisotopic (exact) mass is 353 g/mol. The highest BCUT2D eigenvalue weighted by Gasteiger charge is 2.40. The van der Waals surface area contributed by atoms with E-state index in [1.165, 1.54) is 0 Å². The number of aliphatic hydroxyl groups is 1. The SMILES string of the molecule is Cn1c(B(O)OC(C)(C)C(C)(C)O)cc2cc(Br)ccc21. The quantitative estimate of drug-likeness (QED) is 0.828. The number of rotatable bonds is 4. The zero-order chi connectivity index (χ0) is 16.0. The first-order valence-corrected chi connectivity index (χ1v) is 7.65. The van der Waals surface area contributed by atoms with Gasteiger partial charge in [0, 0.05) is 28.0 Å². The molecule has 0 fully saturated rings. The average Bonchev–Trinajstić information content (AvgIpc) is 2.64. The molecular formula is C15H21BBrNO3. The van der Waals surface area contributed by atoms with Crippen LogP contribution in [0.1, 0.15) is 27.7 Å². The summed E-state index contributed by atoms with van der Waals surface area (Å²) in [6.07, 6.45) is 0. The van der Waals surface area contributed by atoms with Crippen LogP contribution in [-0.2, 0) is 11.7 Å². The van der Waals surface area contributed by atoms with Crippen molar-refractivity contribution in [2.24, 2.45) is 7.05 Å². The van der Waals surface area contributed by atoms with Crippen LogP contribution in [0.5, 0.6) is 0 Å². The number of benzene rings is 1. The van der Waals surface area contributed by atoms with Crippen LogP contribution in [0.4, 0.5) is 0 Å². The molecule has 0 radical (unpaired) electrons. The van der Waals surface area contributed by atoms with Crippen molar-refractivity contribution in [3.8, 4) is 0 Å². The first kappa shape index (κ1) is 16.6. The van der Waals surface area contributed by atoms with E-state index in [-0.39, 0.29) is 0 Å². The molecule has 2 rings (SSSR count). The molecule has 0 saturated carbocycles. The molecule has 2 N–H and O–H groups in total. The van der Waals surface area contributed by atoms with Gasteiger partial charge in [0.1, 0.15) is 0 Å². The molecule has 0 amide bonds. The topological polar surface area (TPSA) is 54.6 Å². The van der Waals surface area contributed by atoms with Crippen LogP contribution < -0.4 is 5.59 Å². The number of halogens is 1. The summed E-state index contributed by atoms with van der Waals surface area (Å²) in [4.78, 5) is 0. The zero-order valence-electron chi connectivity index (χ0n) is 13.0. The van der Waals surface area contributed by atoms with E-state index < -0.39 is 18.3 Å². The fraction of sp³-hybridized carbons (Fsp3) is 0.467. The van der Waals surface area contributed by atoms with Gasteiger partial charge in [0.05, 0.1) is 11.2 Å². The molecule has 0 unspecified atom stereocenters. The van der Waals surface area contributed by atoms with Gasteiger partial charge in [-0.3, -0.25) is 0 Å². The largest absolute Gasteiger partial charge is 0.509 e. The number of aromatic nitrogens is 1. The number of aryl methyl sites for hydroxylation is 1. The molecule has 0 bridgehead atoms. The van der Waals surface area contributed by atoms with Crippen LogP contribution in [0.15, 0.2) is 28.7 Å². The van der Waals surface area contributed by atoms with Gasteiger partial charge < -0.3 is 19.4 Å². The lowest BCUT2D eigenvalue weighted by molar-refractivity contribution is -0.0984. The highest BCUT2D eigenvalue weighted by molar-refractivity contribution is 9.10. The Kier molecular flexibility index (Phi) is 4.28. The Bertz CT molecular complexity index is 661. The van der Waals surface area contributed by atoms with Crippen molar-refractivity contribution in [1.82, 2.24) is 4.57 Å². The standard InChI is InChI=1S/C15H21BBrNO3/c1-14(2,19)15(3,4)21-16(20)13-9-10-8-11(17)6-7-12(10)18(13)5/h6-9,19-20H,1-5H3. The smallest absolute Gasteiger partial charge is 0.422 e. The summed E-state index contributed by atoms with van der Waals surface area (Å²) in [6.45, 7) is 6.85. The van der Waals surface area contributed by atoms with E-state index in [9.17, 15) is 10.1 Å². The van der Waals surface area contributed by atoms with Gasteiger partial charge in [-0.1, -0.05) is 15.9 Å². The van der Waals surface area contributed by atoms with Crippen LogP contribution in [0.25, 0.3) is 10.9 Å². The molecular weight excluding hydrogens is 333 g/mol. The Morgan fingerprint density at radius 2 is 1.81 bits per heavy atom. The van der Waals surface area contributed by atoms with Gasteiger partial charge in [0.25, 0.3) is 0 Å². The van der Waals surface area contributed by atoms with Crippen molar-refractivity contribution in [1.29, 1.82) is 0 Å². The van der Waals surface area contributed by atoms with E-state index in [0.717, 1.165) is 15.4 Å². The molecule has 1 heterocycles. The Hall–Kier alpha value is -0.815. The maximum absolute atomic E-state index is 10.4. The first-order chi connectivity index (χ1) is 9.53. The molecule has 6 heteroatoms. The number of hydrogen-bond acceptors (Lipinski definition) is 3. The van der Waals surface area contributed by atoms with E-state index in [0.29, 0.717) is 5.59 Å². The molecule has 2 aromatic rings. The van der Waals surface area contributed by atoms with Gasteiger partial charge in [0.2, 0.25) is 0 Å². The molecule has 4 nitrogen and oxygen atoms in total. The summed E-state index contributed by atoms with van der Waals surface area (Å²) in [5.74, 6) is 0. The van der Waals surface area contributed by atoms with Crippen LogP contribution in [0, 0.1) is 0 Å². The minimum atomic E-state index is -1.11. The minimum Gasteiger partial charge on any atom is -0.422 e. The fourth-order valence-corrected chi connectivity index (χ4v) is 2.44. The van der Waals surface area contributed by atoms with Crippen LogP contribution in [0.3, 0.4) is 0 Å². The Morgan fingerprint density at radius 3 is 2.38 bits per heavy atom. The lowest BCUT2D eigenvalue weighted by atomic mass is 9.80. The van der Waals surface area contributed by atoms with E-state index in [4.69, 9.17) is 4.65 Å². The van der Waals surface area contributed by atoms with Crippen LogP contribution in [-0.4, -0.2) is 33.0 Å². The second-order valence-electron chi connectivity index (χ2n) is 6.37. The summed E-state index contributed by atoms with van der Waals surface area (Å²) in [5, 5.41) is 21.6. The van der Waals surface area contributed by atoms with Crippen molar-refractivity contribution < 1.29 is 14.8 Å². The van der Waals surface area contributed by atoms with E-state index in [2.05, 4.69) is 15.9 Å². The van der Waals surface area contributed by atoms with Gasteiger partial charge >= 0.3 is 7.12 Å². The highest BCUT2D eigenvalue weighted by Crippen LogP contribution is 2.26. The predicted molar refractivity (Wildman–Crippen MR) is 89.7 cm³/mol. The Balaban J connectivity index is 2.36. The third-order valence-electron chi connectivity index (χ3n) is 4.17. The molecule has 0 spiro atoms. The highest BCUT2D eigenvalue weighted by atomic mass is 79.9.